The second kappa shape index (κ2) is 11.2. The van der Waals surface area contributed by atoms with Crippen LogP contribution in [0.25, 0.3) is 0 Å². The van der Waals surface area contributed by atoms with E-state index in [4.69, 9.17) is 0 Å². The number of hydrogen-bond acceptors (Lipinski definition) is 6. The molecule has 1 fully saturated rings. The van der Waals surface area contributed by atoms with Crippen molar-refractivity contribution in [1.82, 2.24) is 16.0 Å². The van der Waals surface area contributed by atoms with Crippen molar-refractivity contribution in [2.24, 2.45) is 0 Å². The van der Waals surface area contributed by atoms with Gasteiger partial charge in [-0.1, -0.05) is 54.6 Å². The minimum atomic E-state index is 0.266. The predicted molar refractivity (Wildman–Crippen MR) is 130 cm³/mol. The smallest absolute Gasteiger partial charge is 0.120 e. The maximum Gasteiger partial charge on any atom is 0.120 e. The molecule has 0 unspecified atom stereocenters. The first kappa shape index (κ1) is 23.1. The summed E-state index contributed by atoms with van der Waals surface area (Å²) in [5.41, 5.74) is 2.67. The molecular formula is C27H33N3O3. The van der Waals surface area contributed by atoms with Crippen molar-refractivity contribution >= 4 is 0 Å². The lowest BCUT2D eigenvalue weighted by atomic mass is 9.86. The zero-order valence-corrected chi connectivity index (χ0v) is 18.7. The fourth-order valence-corrected chi connectivity index (χ4v) is 4.56. The van der Waals surface area contributed by atoms with E-state index in [1.807, 2.05) is 54.6 Å². The Morgan fingerprint density at radius 2 is 0.758 bits per heavy atom. The third-order valence-electron chi connectivity index (χ3n) is 6.43. The van der Waals surface area contributed by atoms with E-state index in [9.17, 15) is 15.3 Å². The molecule has 174 valence electrons. The summed E-state index contributed by atoms with van der Waals surface area (Å²) < 4.78 is 0. The second-order valence-electron chi connectivity index (χ2n) is 8.83. The molecule has 0 bridgehead atoms. The molecule has 3 aromatic rings. The number of phenols is 3. The Kier molecular flexibility index (Phi) is 7.83. The quantitative estimate of drug-likeness (QED) is 0.299. The Bertz CT molecular complexity index is 904. The van der Waals surface area contributed by atoms with E-state index < -0.39 is 0 Å². The summed E-state index contributed by atoms with van der Waals surface area (Å²) in [7, 11) is 0. The molecule has 33 heavy (non-hydrogen) atoms. The molecule has 3 aromatic carbocycles. The molecule has 1 aliphatic carbocycles. The van der Waals surface area contributed by atoms with Crippen molar-refractivity contribution in [2.45, 2.75) is 57.0 Å². The number of nitrogens with one attached hydrogen (secondary N) is 3. The van der Waals surface area contributed by atoms with Crippen LogP contribution in [0, 0.1) is 0 Å². The summed E-state index contributed by atoms with van der Waals surface area (Å²) in [5, 5.41) is 41.2. The molecule has 0 aromatic heterocycles. The van der Waals surface area contributed by atoms with Crippen molar-refractivity contribution < 1.29 is 15.3 Å². The van der Waals surface area contributed by atoms with Gasteiger partial charge in [-0.05, 0) is 37.5 Å². The lowest BCUT2D eigenvalue weighted by Gasteiger charge is -2.37. The van der Waals surface area contributed by atoms with Crippen LogP contribution in [0.3, 0.4) is 0 Å². The predicted octanol–water partition coefficient (Wildman–Crippen LogP) is 3.76. The molecule has 0 saturated heterocycles. The SMILES string of the molecule is Oc1ccccc1CNC1CC(NCc2ccccc2O)CC(NCc2ccccc2O)C1. The number of hydrogen-bond donors (Lipinski definition) is 6. The highest BCUT2D eigenvalue weighted by Crippen LogP contribution is 2.24. The molecule has 0 atom stereocenters. The van der Waals surface area contributed by atoms with E-state index >= 15 is 0 Å². The Balaban J connectivity index is 1.39. The highest BCUT2D eigenvalue weighted by atomic mass is 16.3. The number of para-hydroxylation sites is 3. The molecule has 0 aliphatic heterocycles. The van der Waals surface area contributed by atoms with Crippen molar-refractivity contribution in [1.29, 1.82) is 0 Å². The second-order valence-corrected chi connectivity index (χ2v) is 8.83. The topological polar surface area (TPSA) is 96.8 Å². The largest absolute Gasteiger partial charge is 0.508 e. The van der Waals surface area contributed by atoms with Crippen LogP contribution in [-0.4, -0.2) is 33.4 Å². The average molecular weight is 448 g/mol. The summed E-state index contributed by atoms with van der Waals surface area (Å²) in [6.07, 6.45) is 2.86. The maximum absolute atomic E-state index is 10.1. The van der Waals surface area contributed by atoms with Gasteiger partial charge in [0, 0.05) is 54.5 Å². The van der Waals surface area contributed by atoms with Crippen molar-refractivity contribution in [3.8, 4) is 17.2 Å². The van der Waals surface area contributed by atoms with Crippen LogP contribution in [0.4, 0.5) is 0 Å². The fourth-order valence-electron chi connectivity index (χ4n) is 4.56. The normalized spacial score (nSPS) is 20.5. The van der Waals surface area contributed by atoms with E-state index in [2.05, 4.69) is 16.0 Å². The van der Waals surface area contributed by atoms with Gasteiger partial charge in [-0.2, -0.15) is 0 Å². The third kappa shape index (κ3) is 6.48. The molecule has 6 heteroatoms. The zero-order chi connectivity index (χ0) is 23.0. The summed E-state index contributed by atoms with van der Waals surface area (Å²) in [4.78, 5) is 0. The third-order valence-corrected chi connectivity index (χ3v) is 6.43. The van der Waals surface area contributed by atoms with Gasteiger partial charge < -0.3 is 31.3 Å². The number of rotatable bonds is 9. The van der Waals surface area contributed by atoms with Gasteiger partial charge in [0.15, 0.2) is 0 Å². The van der Waals surface area contributed by atoms with E-state index in [0.717, 1.165) is 36.0 Å². The van der Waals surface area contributed by atoms with Gasteiger partial charge in [-0.15, -0.1) is 0 Å². The van der Waals surface area contributed by atoms with Crippen LogP contribution in [-0.2, 0) is 19.6 Å². The summed E-state index contributed by atoms with van der Waals surface area (Å²) in [6.45, 7) is 1.82. The lowest BCUT2D eigenvalue weighted by Crippen LogP contribution is -2.50. The van der Waals surface area contributed by atoms with Crippen LogP contribution >= 0.6 is 0 Å². The van der Waals surface area contributed by atoms with Gasteiger partial charge in [-0.25, -0.2) is 0 Å². The highest BCUT2D eigenvalue weighted by Gasteiger charge is 2.28. The Morgan fingerprint density at radius 3 is 1.03 bits per heavy atom. The number of benzene rings is 3. The van der Waals surface area contributed by atoms with Gasteiger partial charge >= 0.3 is 0 Å². The number of phenolic OH excluding ortho intramolecular Hbond substituents is 3. The first-order chi connectivity index (χ1) is 16.1. The number of aromatic hydroxyl groups is 3. The van der Waals surface area contributed by atoms with E-state index in [1.165, 1.54) is 0 Å². The molecular weight excluding hydrogens is 414 g/mol. The van der Waals surface area contributed by atoms with Gasteiger partial charge in [0.1, 0.15) is 17.2 Å². The van der Waals surface area contributed by atoms with Crippen LogP contribution in [0.2, 0.25) is 0 Å². The van der Waals surface area contributed by atoms with E-state index in [-0.39, 0.29) is 18.1 Å². The van der Waals surface area contributed by atoms with E-state index in [1.54, 1.807) is 18.2 Å². The first-order valence-corrected chi connectivity index (χ1v) is 11.6. The summed E-state index contributed by atoms with van der Waals surface area (Å²) >= 11 is 0. The van der Waals surface area contributed by atoms with Crippen molar-refractivity contribution in [2.75, 3.05) is 0 Å². The molecule has 6 nitrogen and oxygen atoms in total. The Labute approximate surface area is 195 Å². The van der Waals surface area contributed by atoms with Crippen molar-refractivity contribution in [3.05, 3.63) is 89.5 Å². The molecule has 4 rings (SSSR count). The molecule has 1 saturated carbocycles. The van der Waals surface area contributed by atoms with Gasteiger partial charge in [-0.3, -0.25) is 0 Å². The lowest BCUT2D eigenvalue weighted by molar-refractivity contribution is 0.245. The molecule has 1 aliphatic rings. The molecule has 0 radical (unpaired) electrons. The first-order valence-electron chi connectivity index (χ1n) is 11.6. The standard InChI is InChI=1S/C27H33N3O3/c31-25-10-4-1-7-19(25)16-28-22-13-23(29-17-20-8-2-5-11-26(20)32)15-24(14-22)30-18-21-9-3-6-12-27(21)33/h1-12,22-24,28-33H,13-18H2. The van der Waals surface area contributed by atoms with E-state index in [0.29, 0.717) is 36.9 Å². The highest BCUT2D eigenvalue weighted by molar-refractivity contribution is 5.33. The minimum Gasteiger partial charge on any atom is -0.508 e. The Hall–Kier alpha value is -3.06. The molecule has 0 amide bonds. The zero-order valence-electron chi connectivity index (χ0n) is 18.7. The summed E-state index contributed by atoms with van der Waals surface area (Å²) in [5.74, 6) is 0.929. The molecule has 0 heterocycles. The summed E-state index contributed by atoms with van der Waals surface area (Å²) in [6, 6.07) is 23.0. The molecule has 0 spiro atoms. The minimum absolute atomic E-state index is 0.266. The average Bonchev–Trinajstić information content (AvgIpc) is 2.82. The van der Waals surface area contributed by atoms with Crippen LogP contribution < -0.4 is 16.0 Å². The van der Waals surface area contributed by atoms with Gasteiger partial charge in [0.05, 0.1) is 0 Å². The monoisotopic (exact) mass is 447 g/mol. The fraction of sp³-hybridized carbons (Fsp3) is 0.333. The Morgan fingerprint density at radius 1 is 0.485 bits per heavy atom. The van der Waals surface area contributed by atoms with Gasteiger partial charge in [0.25, 0.3) is 0 Å². The van der Waals surface area contributed by atoms with Gasteiger partial charge in [0.2, 0.25) is 0 Å². The van der Waals surface area contributed by atoms with Crippen molar-refractivity contribution in [3.63, 3.8) is 0 Å². The van der Waals surface area contributed by atoms with Crippen LogP contribution in [0.15, 0.2) is 72.8 Å². The molecule has 6 N–H and O–H groups in total. The van der Waals surface area contributed by atoms with Crippen LogP contribution in [0.1, 0.15) is 36.0 Å². The van der Waals surface area contributed by atoms with Crippen LogP contribution in [0.5, 0.6) is 17.2 Å². The maximum atomic E-state index is 10.1.